The highest BCUT2D eigenvalue weighted by atomic mass is 32.1. The molecule has 138 valence electrons. The summed E-state index contributed by atoms with van der Waals surface area (Å²) < 4.78 is 0. The van der Waals surface area contributed by atoms with Crippen molar-refractivity contribution in [3.8, 4) is 0 Å². The van der Waals surface area contributed by atoms with E-state index in [4.69, 9.17) is 10.7 Å². The van der Waals surface area contributed by atoms with Crippen molar-refractivity contribution in [2.45, 2.75) is 32.1 Å². The van der Waals surface area contributed by atoms with Crippen LogP contribution in [0.3, 0.4) is 0 Å². The Balaban J connectivity index is 1.67. The molecule has 1 aliphatic carbocycles. The lowest BCUT2D eigenvalue weighted by atomic mass is 10.1. The minimum atomic E-state index is -0.500. The first-order chi connectivity index (χ1) is 13.0. The van der Waals surface area contributed by atoms with Crippen molar-refractivity contribution < 1.29 is 9.72 Å². The number of nitro groups is 1. The molecule has 1 amide bonds. The summed E-state index contributed by atoms with van der Waals surface area (Å²) in [5.74, 6) is -0.383. The smallest absolute Gasteiger partial charge is 0.271 e. The summed E-state index contributed by atoms with van der Waals surface area (Å²) in [6.45, 7) is 0. The monoisotopic (exact) mass is 382 g/mol. The zero-order chi connectivity index (χ0) is 19.0. The fourth-order valence-corrected chi connectivity index (χ4v) is 4.38. The highest BCUT2D eigenvalue weighted by Crippen LogP contribution is 2.35. The van der Waals surface area contributed by atoms with Crippen molar-refractivity contribution >= 4 is 44.5 Å². The van der Waals surface area contributed by atoms with Gasteiger partial charge in [0.25, 0.3) is 11.6 Å². The van der Waals surface area contributed by atoms with E-state index in [9.17, 15) is 14.9 Å². The summed E-state index contributed by atoms with van der Waals surface area (Å²) in [6.07, 6.45) is 5.42. The van der Waals surface area contributed by atoms with Crippen LogP contribution in [0.5, 0.6) is 0 Å². The van der Waals surface area contributed by atoms with Gasteiger partial charge in [-0.3, -0.25) is 14.9 Å². The Hall–Kier alpha value is -3.00. The number of nitrogen functional groups attached to an aromatic ring is 1. The van der Waals surface area contributed by atoms with Gasteiger partial charge in [-0.15, -0.1) is 11.3 Å². The molecule has 0 atom stereocenters. The molecule has 7 nitrogen and oxygen atoms in total. The number of hydrogen-bond donors (Lipinski definition) is 2. The Bertz CT molecular complexity index is 1060. The lowest BCUT2D eigenvalue weighted by Gasteiger charge is -2.05. The first-order valence-electron chi connectivity index (χ1n) is 8.79. The average Bonchev–Trinajstić information content (AvgIpc) is 2.82. The van der Waals surface area contributed by atoms with Crippen LogP contribution in [0.15, 0.2) is 30.3 Å². The maximum Gasteiger partial charge on any atom is 0.271 e. The van der Waals surface area contributed by atoms with E-state index < -0.39 is 4.92 Å². The first kappa shape index (κ1) is 17.4. The van der Waals surface area contributed by atoms with Crippen molar-refractivity contribution in [2.75, 3.05) is 11.1 Å². The number of pyridine rings is 1. The third kappa shape index (κ3) is 3.35. The Morgan fingerprint density at radius 2 is 2.04 bits per heavy atom. The van der Waals surface area contributed by atoms with E-state index in [0.29, 0.717) is 16.3 Å². The molecule has 3 aromatic rings. The van der Waals surface area contributed by atoms with Crippen LogP contribution in [-0.2, 0) is 12.8 Å². The number of carbonyl (C=O) groups is 1. The van der Waals surface area contributed by atoms with Crippen LogP contribution in [0.4, 0.5) is 17.1 Å². The van der Waals surface area contributed by atoms with Gasteiger partial charge in [0.2, 0.25) is 0 Å². The second kappa shape index (κ2) is 6.96. The second-order valence-electron chi connectivity index (χ2n) is 6.61. The molecular formula is C19H18N4O3S. The normalized spacial score (nSPS) is 13.8. The number of nitrogens with one attached hydrogen (secondary N) is 1. The van der Waals surface area contributed by atoms with Gasteiger partial charge in [0.05, 0.1) is 10.6 Å². The molecule has 27 heavy (non-hydrogen) atoms. The van der Waals surface area contributed by atoms with Crippen molar-refractivity contribution in [1.82, 2.24) is 4.98 Å². The van der Waals surface area contributed by atoms with Crippen LogP contribution < -0.4 is 11.1 Å². The van der Waals surface area contributed by atoms with E-state index in [2.05, 4.69) is 11.4 Å². The number of carbonyl (C=O) groups excluding carboxylic acids is 1. The molecule has 0 spiro atoms. The number of benzene rings is 1. The summed E-state index contributed by atoms with van der Waals surface area (Å²) in [5.41, 5.74) is 9.26. The lowest BCUT2D eigenvalue weighted by Crippen LogP contribution is -2.12. The van der Waals surface area contributed by atoms with Gasteiger partial charge in [0.1, 0.15) is 9.71 Å². The Morgan fingerprint density at radius 1 is 1.22 bits per heavy atom. The fraction of sp³-hybridized carbons (Fsp3) is 0.263. The molecule has 1 aliphatic rings. The molecule has 0 saturated carbocycles. The molecule has 2 aromatic heterocycles. The quantitative estimate of drug-likeness (QED) is 0.398. The number of rotatable bonds is 3. The third-order valence-electron chi connectivity index (χ3n) is 4.77. The number of amides is 1. The van der Waals surface area contributed by atoms with Crippen LogP contribution in [0.2, 0.25) is 0 Å². The van der Waals surface area contributed by atoms with Crippen LogP contribution >= 0.6 is 11.3 Å². The summed E-state index contributed by atoms with van der Waals surface area (Å²) in [7, 11) is 0. The maximum absolute atomic E-state index is 12.7. The van der Waals surface area contributed by atoms with Crippen LogP contribution in [0, 0.1) is 10.1 Å². The van der Waals surface area contributed by atoms with Crippen LogP contribution in [0.25, 0.3) is 10.2 Å². The van der Waals surface area contributed by atoms with E-state index in [-0.39, 0.29) is 11.6 Å². The predicted molar refractivity (Wildman–Crippen MR) is 106 cm³/mol. The molecule has 0 saturated heterocycles. The number of thiophene rings is 1. The van der Waals surface area contributed by atoms with Crippen molar-refractivity contribution in [2.24, 2.45) is 0 Å². The highest BCUT2D eigenvalue weighted by Gasteiger charge is 2.20. The molecule has 3 N–H and O–H groups in total. The SMILES string of the molecule is Nc1c(C(=O)Nc2cccc([N+](=O)[O-])c2)sc2nc3c(cc12)CCCCC3. The molecule has 0 fully saturated rings. The molecule has 0 bridgehead atoms. The molecule has 8 heteroatoms. The van der Waals surface area contributed by atoms with Gasteiger partial charge in [-0.2, -0.15) is 0 Å². The number of hydrogen-bond acceptors (Lipinski definition) is 6. The van der Waals surface area contributed by atoms with Crippen molar-refractivity contribution in [1.29, 1.82) is 0 Å². The largest absolute Gasteiger partial charge is 0.397 e. The zero-order valence-electron chi connectivity index (χ0n) is 14.5. The fourth-order valence-electron chi connectivity index (χ4n) is 3.39. The summed E-state index contributed by atoms with van der Waals surface area (Å²) in [6, 6.07) is 7.90. The van der Waals surface area contributed by atoms with Crippen LogP contribution in [0.1, 0.15) is 40.2 Å². The predicted octanol–water partition coefficient (Wildman–Crippen LogP) is 4.31. The number of nitro benzene ring substituents is 1. The Morgan fingerprint density at radius 3 is 2.85 bits per heavy atom. The summed E-state index contributed by atoms with van der Waals surface area (Å²) in [5, 5.41) is 14.4. The Labute approximate surface area is 159 Å². The molecule has 4 rings (SSSR count). The van der Waals surface area contributed by atoms with Gasteiger partial charge in [0.15, 0.2) is 0 Å². The third-order valence-corrected chi connectivity index (χ3v) is 5.88. The number of fused-ring (bicyclic) bond motifs is 2. The minimum Gasteiger partial charge on any atom is -0.397 e. The molecule has 0 unspecified atom stereocenters. The Kier molecular flexibility index (Phi) is 4.49. The van der Waals surface area contributed by atoms with Gasteiger partial charge in [-0.1, -0.05) is 12.5 Å². The van der Waals surface area contributed by atoms with E-state index in [1.165, 1.54) is 41.5 Å². The van der Waals surface area contributed by atoms with Crippen molar-refractivity contribution in [3.05, 3.63) is 56.6 Å². The van der Waals surface area contributed by atoms with E-state index in [0.717, 1.165) is 41.6 Å². The standard InChI is InChI=1S/C19H18N4O3S/c20-16-14-9-11-5-2-1-3-8-15(11)22-19(14)27-17(16)18(24)21-12-6-4-7-13(10-12)23(25)26/h4,6-7,9-10H,1-3,5,8,20H2,(H,21,24). The number of non-ortho nitro benzene ring substituents is 1. The lowest BCUT2D eigenvalue weighted by molar-refractivity contribution is -0.384. The zero-order valence-corrected chi connectivity index (χ0v) is 15.3. The molecule has 1 aromatic carbocycles. The topological polar surface area (TPSA) is 111 Å². The summed E-state index contributed by atoms with van der Waals surface area (Å²) >= 11 is 1.26. The number of nitrogens with two attached hydrogens (primary N) is 1. The molecule has 2 heterocycles. The van der Waals surface area contributed by atoms with E-state index >= 15 is 0 Å². The van der Waals surface area contributed by atoms with Gasteiger partial charge in [0, 0.05) is 28.9 Å². The number of anilines is 2. The van der Waals surface area contributed by atoms with E-state index in [1.54, 1.807) is 6.07 Å². The average molecular weight is 382 g/mol. The minimum absolute atomic E-state index is 0.0810. The summed E-state index contributed by atoms with van der Waals surface area (Å²) in [4.78, 5) is 29.0. The number of aryl methyl sites for hydroxylation is 2. The van der Waals surface area contributed by atoms with Gasteiger partial charge >= 0.3 is 0 Å². The number of nitrogens with zero attached hydrogens (tertiary/aromatic N) is 2. The highest BCUT2D eigenvalue weighted by molar-refractivity contribution is 7.21. The first-order valence-corrected chi connectivity index (χ1v) is 9.61. The van der Waals surface area contributed by atoms with Gasteiger partial charge < -0.3 is 11.1 Å². The molecule has 0 aliphatic heterocycles. The van der Waals surface area contributed by atoms with Gasteiger partial charge in [-0.25, -0.2) is 4.98 Å². The second-order valence-corrected chi connectivity index (χ2v) is 7.61. The number of aromatic nitrogens is 1. The maximum atomic E-state index is 12.7. The van der Waals surface area contributed by atoms with Crippen LogP contribution in [-0.4, -0.2) is 15.8 Å². The van der Waals surface area contributed by atoms with E-state index in [1.807, 2.05) is 0 Å². The molecule has 0 radical (unpaired) electrons. The van der Waals surface area contributed by atoms with Crippen molar-refractivity contribution in [3.63, 3.8) is 0 Å². The molecular weight excluding hydrogens is 364 g/mol. The van der Waals surface area contributed by atoms with Gasteiger partial charge in [-0.05, 0) is 43.4 Å².